The van der Waals surface area contributed by atoms with Crippen LogP contribution in [0, 0.1) is 27.6 Å². The number of carbonyl (C=O) groups excluding carboxylic acids is 3. The highest BCUT2D eigenvalue weighted by molar-refractivity contribution is 7.92. The summed E-state index contributed by atoms with van der Waals surface area (Å²) in [4.78, 5) is 34.3. The molecule has 46 heavy (non-hydrogen) atoms. The Morgan fingerprint density at radius 3 is 1.65 bits per heavy atom. The van der Waals surface area contributed by atoms with Crippen LogP contribution in [0.1, 0.15) is 87.1 Å². The van der Waals surface area contributed by atoms with Crippen molar-refractivity contribution in [2.45, 2.75) is 86.5 Å². The fourth-order valence-corrected chi connectivity index (χ4v) is 3.96. The Hall–Kier alpha value is -4.17. The Bertz CT molecular complexity index is 1440. The van der Waals surface area contributed by atoms with Crippen molar-refractivity contribution in [1.29, 1.82) is 5.26 Å². The largest absolute Gasteiger partial charge is 0.469 e. The number of anilines is 2. The van der Waals surface area contributed by atoms with E-state index in [1.807, 2.05) is 68.4 Å². The minimum Gasteiger partial charge on any atom is -0.469 e. The van der Waals surface area contributed by atoms with Crippen LogP contribution in [0.25, 0.3) is 0 Å². The number of ether oxygens (including phenoxy) is 2. The van der Waals surface area contributed by atoms with Crippen molar-refractivity contribution in [3.8, 4) is 6.07 Å². The smallest absolute Gasteiger partial charge is 0.311 e. The number of sulfonamides is 1. The number of amides is 1. The lowest BCUT2D eigenvalue weighted by atomic mass is 9.89. The number of carbonyl (C=O) groups is 3. The zero-order valence-electron chi connectivity index (χ0n) is 28.9. The molecule has 2 aromatic carbocycles. The van der Waals surface area contributed by atoms with Crippen LogP contribution in [0.2, 0.25) is 0 Å². The first kappa shape index (κ1) is 41.8. The van der Waals surface area contributed by atoms with Crippen LogP contribution in [0.4, 0.5) is 11.4 Å². The third-order valence-electron chi connectivity index (χ3n) is 7.58. The van der Waals surface area contributed by atoms with Gasteiger partial charge < -0.3 is 14.8 Å². The molecule has 0 heterocycles. The second-order valence-electron chi connectivity index (χ2n) is 12.4. The van der Waals surface area contributed by atoms with Gasteiger partial charge in [0, 0.05) is 16.8 Å². The van der Waals surface area contributed by atoms with Crippen LogP contribution < -0.4 is 10.0 Å². The Balaban J connectivity index is 0.000000833. The molecule has 0 spiro atoms. The minimum atomic E-state index is -3.76. The van der Waals surface area contributed by atoms with E-state index >= 15 is 0 Å². The second kappa shape index (κ2) is 18.7. The number of nitriles is 1. The summed E-state index contributed by atoms with van der Waals surface area (Å²) < 4.78 is 36.8. The molecule has 2 rings (SSSR count). The van der Waals surface area contributed by atoms with E-state index in [1.54, 1.807) is 18.2 Å². The topological polar surface area (TPSA) is 152 Å². The van der Waals surface area contributed by atoms with Crippen LogP contribution in [-0.4, -0.2) is 40.0 Å². The van der Waals surface area contributed by atoms with Crippen LogP contribution in [0.3, 0.4) is 0 Å². The lowest BCUT2D eigenvalue weighted by Gasteiger charge is -2.21. The predicted octanol–water partition coefficient (Wildman–Crippen LogP) is 7.48. The van der Waals surface area contributed by atoms with Crippen molar-refractivity contribution in [1.82, 2.24) is 0 Å². The molecule has 11 heteroatoms. The molecular formula is C35H51N3O7S. The van der Waals surface area contributed by atoms with Gasteiger partial charge in [-0.3, -0.25) is 19.1 Å². The molecule has 0 radical (unpaired) electrons. The van der Waals surface area contributed by atoms with Gasteiger partial charge in [-0.1, -0.05) is 47.3 Å². The van der Waals surface area contributed by atoms with E-state index in [2.05, 4.69) is 21.4 Å². The maximum Gasteiger partial charge on any atom is 0.311 e. The summed E-state index contributed by atoms with van der Waals surface area (Å²) in [5.41, 5.74) is 0.183. The van der Waals surface area contributed by atoms with Gasteiger partial charge in [0.25, 0.3) is 10.0 Å². The molecule has 0 atom stereocenters. The number of hydrogen-bond donors (Lipinski definition) is 2. The first-order valence-corrected chi connectivity index (χ1v) is 16.6. The van der Waals surface area contributed by atoms with Crippen LogP contribution >= 0.6 is 0 Å². The highest BCUT2D eigenvalue weighted by Crippen LogP contribution is 2.24. The number of esters is 2. The van der Waals surface area contributed by atoms with Crippen LogP contribution in [-0.2, 0) is 33.9 Å². The zero-order valence-corrected chi connectivity index (χ0v) is 29.8. The maximum absolute atomic E-state index is 12.4. The lowest BCUT2D eigenvalue weighted by Crippen LogP contribution is -2.29. The Kier molecular flexibility index (Phi) is 17.0. The molecule has 10 nitrogen and oxygen atoms in total. The van der Waals surface area contributed by atoms with E-state index in [0.717, 1.165) is 12.8 Å². The fourth-order valence-electron chi connectivity index (χ4n) is 2.90. The SMILES string of the molecule is C=CCOC(=O)C(C)(C)CC.CCC(C)(C)C(=O)Nc1ccc(S(=O)(=O)Nc2ccc(C#N)cc2)cc1.CCC(C)(C)C(=O)OC. The normalized spacial score (nSPS) is 11.2. The molecule has 0 bridgehead atoms. The Morgan fingerprint density at radius 1 is 0.804 bits per heavy atom. The molecular weight excluding hydrogens is 606 g/mol. The van der Waals surface area contributed by atoms with Crippen molar-refractivity contribution in [3.05, 3.63) is 66.7 Å². The van der Waals surface area contributed by atoms with E-state index < -0.39 is 15.4 Å². The second-order valence-corrected chi connectivity index (χ2v) is 14.0. The Labute approximate surface area is 275 Å². The molecule has 0 fully saturated rings. The van der Waals surface area contributed by atoms with Crippen molar-refractivity contribution < 1.29 is 32.3 Å². The summed E-state index contributed by atoms with van der Waals surface area (Å²) in [6.45, 7) is 20.8. The van der Waals surface area contributed by atoms with Crippen LogP contribution in [0.15, 0.2) is 66.1 Å². The maximum atomic E-state index is 12.4. The molecule has 2 N–H and O–H groups in total. The molecule has 0 aliphatic carbocycles. The van der Waals surface area contributed by atoms with E-state index in [9.17, 15) is 22.8 Å². The van der Waals surface area contributed by atoms with Gasteiger partial charge in [-0.2, -0.15) is 5.26 Å². The lowest BCUT2D eigenvalue weighted by molar-refractivity contribution is -0.153. The highest BCUT2D eigenvalue weighted by atomic mass is 32.2. The van der Waals surface area contributed by atoms with Gasteiger partial charge in [-0.05, 0) is 95.5 Å². The van der Waals surface area contributed by atoms with Gasteiger partial charge in [0.1, 0.15) is 6.61 Å². The zero-order chi connectivity index (χ0) is 35.8. The van der Waals surface area contributed by atoms with E-state index in [4.69, 9.17) is 10.00 Å². The van der Waals surface area contributed by atoms with E-state index in [0.29, 0.717) is 30.0 Å². The summed E-state index contributed by atoms with van der Waals surface area (Å²) in [5, 5.41) is 11.6. The predicted molar refractivity (Wildman–Crippen MR) is 182 cm³/mol. The van der Waals surface area contributed by atoms with Crippen molar-refractivity contribution in [2.24, 2.45) is 16.2 Å². The number of nitrogens with zero attached hydrogens (tertiary/aromatic N) is 1. The molecule has 1 amide bonds. The van der Waals surface area contributed by atoms with Gasteiger partial charge >= 0.3 is 11.9 Å². The number of nitrogens with one attached hydrogen (secondary N) is 2. The van der Waals surface area contributed by atoms with E-state index in [1.165, 1.54) is 43.5 Å². The Morgan fingerprint density at radius 2 is 1.26 bits per heavy atom. The summed E-state index contributed by atoms with van der Waals surface area (Å²) in [7, 11) is -2.34. The van der Waals surface area contributed by atoms with Crippen molar-refractivity contribution >= 4 is 39.2 Å². The first-order valence-electron chi connectivity index (χ1n) is 15.1. The van der Waals surface area contributed by atoms with Gasteiger partial charge in [-0.25, -0.2) is 8.42 Å². The quantitative estimate of drug-likeness (QED) is 0.176. The standard InChI is InChI=1S/C19H21N3O3S.C9H16O2.C7H14O2/c1-4-19(2,3)18(23)21-15-9-11-17(12-10-15)26(24,25)22-16-7-5-14(13-20)6-8-16;1-5-7-11-8(10)9(3,4)6-2;1-5-7(2,3)6(8)9-4/h5-12,22H,4H2,1-3H3,(H,21,23);5H,1,6-7H2,2-4H3;5H2,1-4H3. The molecule has 0 aliphatic rings. The average molecular weight is 658 g/mol. The third kappa shape index (κ3) is 13.9. The highest BCUT2D eigenvalue weighted by Gasteiger charge is 2.27. The van der Waals surface area contributed by atoms with E-state index in [-0.39, 0.29) is 33.6 Å². The number of rotatable bonds is 12. The number of hydrogen-bond acceptors (Lipinski definition) is 8. The average Bonchev–Trinajstić information content (AvgIpc) is 3.04. The van der Waals surface area contributed by atoms with Crippen molar-refractivity contribution in [2.75, 3.05) is 23.8 Å². The van der Waals surface area contributed by atoms with Gasteiger partial charge in [-0.15, -0.1) is 0 Å². The van der Waals surface area contributed by atoms with Crippen LogP contribution in [0.5, 0.6) is 0 Å². The minimum absolute atomic E-state index is 0.0783. The molecule has 254 valence electrons. The summed E-state index contributed by atoms with van der Waals surface area (Å²) in [6, 6.07) is 14.1. The summed E-state index contributed by atoms with van der Waals surface area (Å²) in [5.74, 6) is -0.406. The summed E-state index contributed by atoms with van der Waals surface area (Å²) in [6.07, 6.45) is 3.88. The van der Waals surface area contributed by atoms with Gasteiger partial charge in [0.05, 0.1) is 34.5 Å². The molecule has 0 saturated heterocycles. The monoisotopic (exact) mass is 657 g/mol. The molecule has 0 aliphatic heterocycles. The number of methoxy groups -OCH3 is 1. The fraction of sp³-hybridized carbons (Fsp3) is 0.486. The third-order valence-corrected chi connectivity index (χ3v) is 8.98. The number of benzene rings is 2. The van der Waals surface area contributed by atoms with Crippen molar-refractivity contribution in [3.63, 3.8) is 0 Å². The van der Waals surface area contributed by atoms with Gasteiger partial charge in [0.2, 0.25) is 5.91 Å². The van der Waals surface area contributed by atoms with Gasteiger partial charge in [0.15, 0.2) is 0 Å². The molecule has 0 saturated carbocycles. The summed E-state index contributed by atoms with van der Waals surface area (Å²) >= 11 is 0. The first-order chi connectivity index (χ1) is 21.3. The molecule has 2 aromatic rings. The molecule has 0 aromatic heterocycles. The molecule has 0 unspecified atom stereocenters.